The van der Waals surface area contributed by atoms with Gasteiger partial charge in [0.25, 0.3) is 5.69 Å². The van der Waals surface area contributed by atoms with Crippen molar-refractivity contribution in [3.63, 3.8) is 0 Å². The fourth-order valence-electron chi connectivity index (χ4n) is 2.24. The minimum atomic E-state index is -0.494. The van der Waals surface area contributed by atoms with Gasteiger partial charge in [-0.15, -0.1) is 0 Å². The number of urea groups is 1. The molecule has 1 unspecified atom stereocenters. The van der Waals surface area contributed by atoms with Crippen molar-refractivity contribution in [2.75, 3.05) is 10.7 Å². The summed E-state index contributed by atoms with van der Waals surface area (Å²) in [5, 5.41) is 13.6. The molecule has 1 heterocycles. The molecule has 2 aromatic carbocycles. The second-order valence-corrected chi connectivity index (χ2v) is 4.79. The number of nitrogens with zero attached hydrogens (tertiary/aromatic N) is 1. The largest absolute Gasteiger partial charge is 0.333 e. The van der Waals surface area contributed by atoms with Crippen LogP contribution in [0.2, 0.25) is 0 Å². The molecule has 5 N–H and O–H groups in total. The summed E-state index contributed by atoms with van der Waals surface area (Å²) in [5.74, 6) is 0. The number of nitro groups is 1. The predicted octanol–water partition coefficient (Wildman–Crippen LogP) is 1.85. The monoisotopic (exact) mass is 314 g/mol. The Balaban J connectivity index is 1.62. The van der Waals surface area contributed by atoms with Crippen LogP contribution < -0.4 is 27.0 Å². The van der Waals surface area contributed by atoms with Crippen molar-refractivity contribution < 1.29 is 9.72 Å². The van der Waals surface area contributed by atoms with Crippen molar-refractivity contribution in [3.05, 3.63) is 64.2 Å². The minimum Gasteiger partial charge on any atom is -0.313 e. The predicted molar refractivity (Wildman–Crippen MR) is 84.3 cm³/mol. The van der Waals surface area contributed by atoms with Crippen molar-refractivity contribution in [3.8, 4) is 0 Å². The zero-order valence-electron chi connectivity index (χ0n) is 11.9. The molecular weight excluding hydrogens is 300 g/mol. The number of nitro benzene ring substituents is 1. The molecule has 0 spiro atoms. The number of para-hydroxylation sites is 2. The highest BCUT2D eigenvalue weighted by molar-refractivity contribution is 5.88. The quantitative estimate of drug-likeness (QED) is 0.434. The maximum Gasteiger partial charge on any atom is 0.333 e. The second-order valence-electron chi connectivity index (χ2n) is 4.79. The number of nitrogens with one attached hydrogen (secondary N) is 5. The van der Waals surface area contributed by atoms with Gasteiger partial charge in [0.1, 0.15) is 11.9 Å². The Bertz CT molecular complexity index is 737. The fraction of sp³-hybridized carbons (Fsp3) is 0.0714. The van der Waals surface area contributed by atoms with E-state index >= 15 is 0 Å². The Morgan fingerprint density at radius 2 is 1.91 bits per heavy atom. The summed E-state index contributed by atoms with van der Waals surface area (Å²) < 4.78 is 0. The number of amides is 2. The molecular formula is C14H14N6O3. The molecule has 1 aliphatic heterocycles. The molecule has 2 aromatic rings. The van der Waals surface area contributed by atoms with Crippen LogP contribution in [0.5, 0.6) is 0 Å². The number of benzene rings is 2. The summed E-state index contributed by atoms with van der Waals surface area (Å²) in [6, 6.07) is 13.2. The maximum absolute atomic E-state index is 11.8. The molecule has 0 radical (unpaired) electrons. The topological polar surface area (TPSA) is 120 Å². The number of carbonyl (C=O) groups is 1. The fourth-order valence-corrected chi connectivity index (χ4v) is 2.24. The van der Waals surface area contributed by atoms with Gasteiger partial charge in [0.15, 0.2) is 0 Å². The summed E-state index contributed by atoms with van der Waals surface area (Å²) in [5.41, 5.74) is 12.5. The van der Waals surface area contributed by atoms with Crippen molar-refractivity contribution in [1.82, 2.24) is 16.3 Å². The molecule has 3 rings (SSSR count). The van der Waals surface area contributed by atoms with Crippen LogP contribution in [0.1, 0.15) is 11.7 Å². The molecule has 118 valence electrons. The van der Waals surface area contributed by atoms with Crippen molar-refractivity contribution in [1.29, 1.82) is 0 Å². The van der Waals surface area contributed by atoms with E-state index in [1.165, 1.54) is 6.07 Å². The van der Waals surface area contributed by atoms with Crippen LogP contribution >= 0.6 is 0 Å². The van der Waals surface area contributed by atoms with Crippen LogP contribution in [-0.2, 0) is 0 Å². The van der Waals surface area contributed by atoms with Crippen LogP contribution in [0.3, 0.4) is 0 Å². The number of rotatable bonds is 4. The maximum atomic E-state index is 11.8. The van der Waals surface area contributed by atoms with Gasteiger partial charge in [-0.25, -0.2) is 15.6 Å². The molecule has 0 saturated heterocycles. The second kappa shape index (κ2) is 6.30. The Kier molecular flexibility index (Phi) is 4.04. The summed E-state index contributed by atoms with van der Waals surface area (Å²) >= 11 is 0. The van der Waals surface area contributed by atoms with Crippen molar-refractivity contribution in [2.24, 2.45) is 0 Å². The molecule has 1 aliphatic rings. The lowest BCUT2D eigenvalue weighted by molar-refractivity contribution is -0.384. The number of fused-ring (bicyclic) bond motifs is 1. The summed E-state index contributed by atoms with van der Waals surface area (Å²) in [6.07, 6.45) is -0.494. The smallest absolute Gasteiger partial charge is 0.313 e. The SMILES string of the molecule is O=C(NNC1NNc2c1cccc2[N+](=O)[O-])Nc1ccccc1. The Labute approximate surface area is 131 Å². The van der Waals surface area contributed by atoms with E-state index in [0.29, 0.717) is 16.9 Å². The summed E-state index contributed by atoms with van der Waals surface area (Å²) in [6.45, 7) is 0. The van der Waals surface area contributed by atoms with Crippen LogP contribution in [-0.4, -0.2) is 11.0 Å². The third-order valence-electron chi connectivity index (χ3n) is 3.29. The number of carbonyl (C=O) groups excluding carboxylic acids is 1. The number of hydrogen-bond acceptors (Lipinski definition) is 6. The van der Waals surface area contributed by atoms with Gasteiger partial charge < -0.3 is 10.7 Å². The van der Waals surface area contributed by atoms with Gasteiger partial charge in [-0.2, -0.15) is 0 Å². The van der Waals surface area contributed by atoms with Crippen LogP contribution in [0.25, 0.3) is 0 Å². The third kappa shape index (κ3) is 3.20. The van der Waals surface area contributed by atoms with Crippen LogP contribution in [0.4, 0.5) is 21.9 Å². The normalized spacial score (nSPS) is 15.4. The van der Waals surface area contributed by atoms with Gasteiger partial charge in [0.2, 0.25) is 0 Å². The number of hydrogen-bond donors (Lipinski definition) is 5. The lowest BCUT2D eigenvalue weighted by Crippen LogP contribution is -2.46. The van der Waals surface area contributed by atoms with Gasteiger partial charge in [0.05, 0.1) is 4.92 Å². The molecule has 0 saturated carbocycles. The lowest BCUT2D eigenvalue weighted by Gasteiger charge is -2.14. The zero-order valence-corrected chi connectivity index (χ0v) is 11.9. The lowest BCUT2D eigenvalue weighted by atomic mass is 10.1. The zero-order chi connectivity index (χ0) is 16.2. The third-order valence-corrected chi connectivity index (χ3v) is 3.29. The Morgan fingerprint density at radius 1 is 1.13 bits per heavy atom. The highest BCUT2D eigenvalue weighted by atomic mass is 16.6. The van der Waals surface area contributed by atoms with Gasteiger partial charge in [-0.3, -0.25) is 15.5 Å². The van der Waals surface area contributed by atoms with Gasteiger partial charge in [-0.1, -0.05) is 30.3 Å². The van der Waals surface area contributed by atoms with E-state index in [2.05, 4.69) is 27.0 Å². The van der Waals surface area contributed by atoms with E-state index in [9.17, 15) is 14.9 Å². The van der Waals surface area contributed by atoms with E-state index in [0.717, 1.165) is 0 Å². The highest BCUT2D eigenvalue weighted by Crippen LogP contribution is 2.34. The van der Waals surface area contributed by atoms with E-state index in [1.807, 2.05) is 6.07 Å². The molecule has 0 aromatic heterocycles. The molecule has 9 nitrogen and oxygen atoms in total. The first-order valence-electron chi connectivity index (χ1n) is 6.81. The molecule has 0 fully saturated rings. The molecule has 0 aliphatic carbocycles. The van der Waals surface area contributed by atoms with Gasteiger partial charge in [0, 0.05) is 17.3 Å². The van der Waals surface area contributed by atoms with Crippen molar-refractivity contribution in [2.45, 2.75) is 6.17 Å². The molecule has 9 heteroatoms. The Morgan fingerprint density at radius 3 is 2.65 bits per heavy atom. The van der Waals surface area contributed by atoms with E-state index < -0.39 is 17.1 Å². The highest BCUT2D eigenvalue weighted by Gasteiger charge is 2.28. The molecule has 1 atom stereocenters. The minimum absolute atomic E-state index is 0.0342. The van der Waals surface area contributed by atoms with Crippen LogP contribution in [0.15, 0.2) is 48.5 Å². The molecule has 23 heavy (non-hydrogen) atoms. The Hall–Kier alpha value is -3.17. The summed E-state index contributed by atoms with van der Waals surface area (Å²) in [4.78, 5) is 22.3. The van der Waals surface area contributed by atoms with E-state index in [-0.39, 0.29) is 5.69 Å². The van der Waals surface area contributed by atoms with Crippen LogP contribution in [0, 0.1) is 10.1 Å². The standard InChI is InChI=1S/C14H14N6O3/c21-14(15-9-5-2-1-3-6-9)19-18-13-10-7-4-8-11(20(22)23)12(10)16-17-13/h1-8,13,16-18H,(H2,15,19,21). The van der Waals surface area contributed by atoms with E-state index in [4.69, 9.17) is 0 Å². The first kappa shape index (κ1) is 14.8. The number of anilines is 2. The van der Waals surface area contributed by atoms with Gasteiger partial charge in [-0.05, 0) is 12.1 Å². The molecule has 2 amide bonds. The average Bonchev–Trinajstić information content (AvgIpc) is 2.97. The average molecular weight is 314 g/mol. The van der Waals surface area contributed by atoms with Crippen molar-refractivity contribution >= 4 is 23.1 Å². The van der Waals surface area contributed by atoms with E-state index in [1.54, 1.807) is 36.4 Å². The molecule has 0 bridgehead atoms. The van der Waals surface area contributed by atoms with Gasteiger partial charge >= 0.3 is 6.03 Å². The first-order chi connectivity index (χ1) is 11.1. The summed E-state index contributed by atoms with van der Waals surface area (Å²) in [7, 11) is 0. The number of hydrazine groups is 2. The first-order valence-corrected chi connectivity index (χ1v) is 6.81.